The predicted octanol–water partition coefficient (Wildman–Crippen LogP) is 0.732. The first-order valence-corrected chi connectivity index (χ1v) is 4.42. The van der Waals surface area contributed by atoms with Crippen molar-refractivity contribution in [3.63, 3.8) is 0 Å². The molecular formula is C10H13NO4. The molecule has 1 rings (SSSR count). The minimum absolute atomic E-state index is 0.246. The Bertz CT molecular complexity index is 323. The fourth-order valence-corrected chi connectivity index (χ4v) is 1.11. The fourth-order valence-electron chi connectivity index (χ4n) is 1.11. The number of carboxylic acids is 1. The Hall–Kier alpha value is -1.62. The zero-order chi connectivity index (χ0) is 11.3. The average Bonchev–Trinajstić information content (AvgIpc) is 2.26. The maximum Gasteiger partial charge on any atom is 0.333 e. The molecule has 0 aliphatic rings. The van der Waals surface area contributed by atoms with Gasteiger partial charge in [0, 0.05) is 19.2 Å². The summed E-state index contributed by atoms with van der Waals surface area (Å²) in [7, 11) is 2.91. The van der Waals surface area contributed by atoms with Gasteiger partial charge in [-0.2, -0.15) is 0 Å². The second-order valence-electron chi connectivity index (χ2n) is 2.96. The molecule has 0 spiro atoms. The zero-order valence-corrected chi connectivity index (χ0v) is 8.64. The van der Waals surface area contributed by atoms with Gasteiger partial charge in [0.1, 0.15) is 5.75 Å². The number of aliphatic carboxylic acids is 1. The number of nitrogens with zero attached hydrogens (tertiary/aromatic N) is 1. The molecule has 1 unspecified atom stereocenters. The van der Waals surface area contributed by atoms with Gasteiger partial charge in [-0.05, 0) is 12.1 Å². The van der Waals surface area contributed by atoms with Crippen LogP contribution in [0.25, 0.3) is 0 Å². The van der Waals surface area contributed by atoms with Gasteiger partial charge in [0.15, 0.2) is 6.10 Å². The monoisotopic (exact) mass is 211 g/mol. The predicted molar refractivity (Wildman–Crippen MR) is 52.9 cm³/mol. The first kappa shape index (κ1) is 11.5. The lowest BCUT2D eigenvalue weighted by Gasteiger charge is -2.09. The summed E-state index contributed by atoms with van der Waals surface area (Å²) in [6.45, 7) is 0. The highest BCUT2D eigenvalue weighted by Gasteiger charge is 2.17. The van der Waals surface area contributed by atoms with Crippen LogP contribution in [-0.2, 0) is 16.0 Å². The maximum atomic E-state index is 10.7. The van der Waals surface area contributed by atoms with Gasteiger partial charge in [0.05, 0.1) is 13.3 Å². The summed E-state index contributed by atoms with van der Waals surface area (Å²) < 4.78 is 9.74. The minimum atomic E-state index is -0.991. The van der Waals surface area contributed by atoms with E-state index in [1.807, 2.05) is 0 Å². The lowest BCUT2D eigenvalue weighted by Crippen LogP contribution is -2.25. The SMILES string of the molecule is COc1ccc(CC(OC)C(=O)O)nc1. The molecule has 0 aliphatic carbocycles. The van der Waals surface area contributed by atoms with E-state index in [9.17, 15) is 4.79 Å². The Morgan fingerprint density at radius 1 is 1.53 bits per heavy atom. The topological polar surface area (TPSA) is 68.7 Å². The molecule has 0 aromatic carbocycles. The van der Waals surface area contributed by atoms with Crippen molar-refractivity contribution < 1.29 is 19.4 Å². The van der Waals surface area contributed by atoms with Crippen molar-refractivity contribution >= 4 is 5.97 Å². The Labute approximate surface area is 87.7 Å². The van der Waals surface area contributed by atoms with Crippen molar-refractivity contribution in [1.29, 1.82) is 0 Å². The summed E-state index contributed by atoms with van der Waals surface area (Å²) in [6.07, 6.45) is 0.936. The molecule has 0 fully saturated rings. The molecule has 1 heterocycles. The third kappa shape index (κ3) is 3.21. The van der Waals surface area contributed by atoms with Gasteiger partial charge in [0.25, 0.3) is 0 Å². The number of aromatic nitrogens is 1. The van der Waals surface area contributed by atoms with E-state index in [0.717, 1.165) is 0 Å². The summed E-state index contributed by atoms with van der Waals surface area (Å²) >= 11 is 0. The molecule has 0 radical (unpaired) electrons. The van der Waals surface area contributed by atoms with E-state index in [-0.39, 0.29) is 6.42 Å². The Balaban J connectivity index is 2.67. The molecule has 0 saturated heterocycles. The average molecular weight is 211 g/mol. The van der Waals surface area contributed by atoms with Crippen molar-refractivity contribution in [1.82, 2.24) is 4.98 Å². The van der Waals surface area contributed by atoms with Gasteiger partial charge < -0.3 is 14.6 Å². The number of carboxylic acid groups (broad SMARTS) is 1. The highest BCUT2D eigenvalue weighted by atomic mass is 16.5. The van der Waals surface area contributed by atoms with Crippen LogP contribution in [0.4, 0.5) is 0 Å². The number of ether oxygens (including phenoxy) is 2. The first-order chi connectivity index (χ1) is 7.17. The van der Waals surface area contributed by atoms with E-state index in [2.05, 4.69) is 4.98 Å². The molecule has 15 heavy (non-hydrogen) atoms. The number of rotatable bonds is 5. The van der Waals surface area contributed by atoms with E-state index < -0.39 is 12.1 Å². The summed E-state index contributed by atoms with van der Waals surface area (Å²) in [6, 6.07) is 3.45. The molecule has 1 N–H and O–H groups in total. The van der Waals surface area contributed by atoms with Crippen LogP contribution in [0.15, 0.2) is 18.3 Å². The van der Waals surface area contributed by atoms with Crippen LogP contribution >= 0.6 is 0 Å². The van der Waals surface area contributed by atoms with Crippen LogP contribution in [0, 0.1) is 0 Å². The number of hydrogen-bond acceptors (Lipinski definition) is 4. The smallest absolute Gasteiger partial charge is 0.333 e. The molecule has 1 aromatic rings. The van der Waals surface area contributed by atoms with Gasteiger partial charge in [0.2, 0.25) is 0 Å². The third-order valence-electron chi connectivity index (χ3n) is 1.99. The number of methoxy groups -OCH3 is 2. The van der Waals surface area contributed by atoms with E-state index >= 15 is 0 Å². The van der Waals surface area contributed by atoms with Gasteiger partial charge >= 0.3 is 5.97 Å². The second-order valence-corrected chi connectivity index (χ2v) is 2.96. The standard InChI is InChI=1S/C10H13NO4/c1-14-8-4-3-7(11-6-8)5-9(15-2)10(12)13/h3-4,6,9H,5H2,1-2H3,(H,12,13). The molecule has 0 amide bonds. The van der Waals surface area contributed by atoms with Crippen LogP contribution < -0.4 is 4.74 Å². The Morgan fingerprint density at radius 3 is 2.67 bits per heavy atom. The fraction of sp³-hybridized carbons (Fsp3) is 0.400. The van der Waals surface area contributed by atoms with E-state index in [4.69, 9.17) is 14.6 Å². The third-order valence-corrected chi connectivity index (χ3v) is 1.99. The molecular weight excluding hydrogens is 198 g/mol. The van der Waals surface area contributed by atoms with Crippen LogP contribution in [0.5, 0.6) is 5.75 Å². The molecule has 0 saturated carbocycles. The van der Waals surface area contributed by atoms with Crippen LogP contribution in [0.3, 0.4) is 0 Å². The lowest BCUT2D eigenvalue weighted by atomic mass is 10.2. The van der Waals surface area contributed by atoms with Crippen molar-refractivity contribution in [3.8, 4) is 5.75 Å². The zero-order valence-electron chi connectivity index (χ0n) is 8.64. The van der Waals surface area contributed by atoms with Crippen LogP contribution in [0.1, 0.15) is 5.69 Å². The van der Waals surface area contributed by atoms with Gasteiger partial charge in [-0.25, -0.2) is 4.79 Å². The van der Waals surface area contributed by atoms with Crippen LogP contribution in [0.2, 0.25) is 0 Å². The molecule has 1 aromatic heterocycles. The van der Waals surface area contributed by atoms with Gasteiger partial charge in [-0.3, -0.25) is 4.98 Å². The minimum Gasteiger partial charge on any atom is -0.495 e. The summed E-state index contributed by atoms with van der Waals surface area (Å²) in [5.41, 5.74) is 0.657. The molecule has 0 aliphatic heterocycles. The number of pyridine rings is 1. The summed E-state index contributed by atoms with van der Waals surface area (Å²) in [5, 5.41) is 8.76. The van der Waals surface area contributed by atoms with Crippen molar-refractivity contribution in [2.24, 2.45) is 0 Å². The lowest BCUT2D eigenvalue weighted by molar-refractivity contribution is -0.148. The van der Waals surface area contributed by atoms with Crippen LogP contribution in [-0.4, -0.2) is 36.4 Å². The van der Waals surface area contributed by atoms with Crippen molar-refractivity contribution in [3.05, 3.63) is 24.0 Å². The van der Waals surface area contributed by atoms with Crippen molar-refractivity contribution in [2.45, 2.75) is 12.5 Å². The second kappa shape index (κ2) is 5.31. The molecule has 5 heteroatoms. The first-order valence-electron chi connectivity index (χ1n) is 4.42. The van der Waals surface area contributed by atoms with Crippen molar-refractivity contribution in [2.75, 3.05) is 14.2 Å². The van der Waals surface area contributed by atoms with E-state index in [1.165, 1.54) is 7.11 Å². The summed E-state index contributed by atoms with van der Waals surface area (Å²) in [5.74, 6) is -0.349. The maximum absolute atomic E-state index is 10.7. The van der Waals surface area contributed by atoms with E-state index in [1.54, 1.807) is 25.4 Å². The van der Waals surface area contributed by atoms with Gasteiger partial charge in [-0.15, -0.1) is 0 Å². The summed E-state index contributed by atoms with van der Waals surface area (Å²) in [4.78, 5) is 14.7. The largest absolute Gasteiger partial charge is 0.495 e. The normalized spacial score (nSPS) is 12.1. The highest BCUT2D eigenvalue weighted by molar-refractivity contribution is 5.72. The molecule has 5 nitrogen and oxygen atoms in total. The molecule has 1 atom stereocenters. The Kier molecular flexibility index (Phi) is 4.05. The Morgan fingerprint density at radius 2 is 2.27 bits per heavy atom. The highest BCUT2D eigenvalue weighted by Crippen LogP contribution is 2.10. The number of carbonyl (C=O) groups is 1. The van der Waals surface area contributed by atoms with E-state index in [0.29, 0.717) is 11.4 Å². The molecule has 82 valence electrons. The number of hydrogen-bond donors (Lipinski definition) is 1. The quantitative estimate of drug-likeness (QED) is 0.777. The van der Waals surface area contributed by atoms with Gasteiger partial charge in [-0.1, -0.05) is 0 Å². The molecule has 0 bridgehead atoms.